The van der Waals surface area contributed by atoms with Crippen molar-refractivity contribution in [3.63, 3.8) is 0 Å². The van der Waals surface area contributed by atoms with Gasteiger partial charge in [-0.15, -0.1) is 0 Å². The second-order valence-electron chi connectivity index (χ2n) is 4.29. The zero-order valence-corrected chi connectivity index (χ0v) is 11.4. The lowest BCUT2D eigenvalue weighted by atomic mass is 10.2. The topological polar surface area (TPSA) is 101 Å². The number of hydrogen-bond donors (Lipinski definition) is 3. The number of sulfonamides is 1. The van der Waals surface area contributed by atoms with Gasteiger partial charge in [-0.2, -0.15) is 0 Å². The van der Waals surface area contributed by atoms with E-state index in [2.05, 4.69) is 15.3 Å². The molecule has 0 aliphatic rings. The molecule has 19 heavy (non-hydrogen) atoms. The van der Waals surface area contributed by atoms with Crippen LogP contribution in [0.5, 0.6) is 0 Å². The van der Waals surface area contributed by atoms with E-state index in [1.54, 1.807) is 18.3 Å². The quantitative estimate of drug-likeness (QED) is 0.748. The van der Waals surface area contributed by atoms with E-state index in [4.69, 9.17) is 5.14 Å². The van der Waals surface area contributed by atoms with Gasteiger partial charge in [-0.05, 0) is 24.6 Å². The van der Waals surface area contributed by atoms with Crippen LogP contribution in [0.25, 0.3) is 0 Å². The van der Waals surface area contributed by atoms with Crippen molar-refractivity contribution in [1.29, 1.82) is 0 Å². The van der Waals surface area contributed by atoms with Gasteiger partial charge in [0.05, 0.1) is 4.90 Å². The third-order valence-electron chi connectivity index (χ3n) is 2.63. The highest BCUT2D eigenvalue weighted by molar-refractivity contribution is 7.89. The van der Waals surface area contributed by atoms with Gasteiger partial charge in [-0.25, -0.2) is 18.5 Å². The molecular formula is C12H16N4O2S. The summed E-state index contributed by atoms with van der Waals surface area (Å²) in [6.45, 7) is 3.08. The zero-order chi connectivity index (χ0) is 13.9. The average Bonchev–Trinajstić information content (AvgIpc) is 2.74. The molecule has 0 bridgehead atoms. The first-order valence-electron chi connectivity index (χ1n) is 5.78. The molecule has 0 amide bonds. The standard InChI is InChI=1S/C12H16N4O2S/c1-9-15-8-11(16-9)7-14-6-10-3-2-4-12(5-10)19(13,17)18/h2-5,8,14H,6-7H2,1H3,(H,15,16)(H2,13,17,18). The summed E-state index contributed by atoms with van der Waals surface area (Å²) in [5.41, 5.74) is 1.85. The van der Waals surface area contributed by atoms with Crippen LogP contribution in [0.15, 0.2) is 35.4 Å². The Morgan fingerprint density at radius 1 is 1.37 bits per heavy atom. The van der Waals surface area contributed by atoms with Gasteiger partial charge in [0.1, 0.15) is 5.82 Å². The molecular weight excluding hydrogens is 264 g/mol. The summed E-state index contributed by atoms with van der Waals surface area (Å²) in [4.78, 5) is 7.33. The zero-order valence-electron chi connectivity index (χ0n) is 10.6. The second kappa shape index (κ2) is 5.52. The van der Waals surface area contributed by atoms with Crippen molar-refractivity contribution in [2.24, 2.45) is 5.14 Å². The fraction of sp³-hybridized carbons (Fsp3) is 0.250. The molecule has 1 aromatic heterocycles. The molecule has 0 aliphatic carbocycles. The Bertz CT molecular complexity index is 664. The van der Waals surface area contributed by atoms with Crippen LogP contribution >= 0.6 is 0 Å². The summed E-state index contributed by atoms with van der Waals surface area (Å²) in [6.07, 6.45) is 1.77. The molecule has 0 fully saturated rings. The molecule has 0 radical (unpaired) electrons. The third-order valence-corrected chi connectivity index (χ3v) is 3.54. The van der Waals surface area contributed by atoms with Crippen molar-refractivity contribution in [2.45, 2.75) is 24.9 Å². The molecule has 4 N–H and O–H groups in total. The number of hydrogen-bond acceptors (Lipinski definition) is 4. The fourth-order valence-electron chi connectivity index (χ4n) is 1.74. The molecule has 0 unspecified atom stereocenters. The minimum atomic E-state index is -3.64. The lowest BCUT2D eigenvalue weighted by molar-refractivity contribution is 0.597. The Morgan fingerprint density at radius 3 is 2.79 bits per heavy atom. The molecule has 1 aromatic carbocycles. The molecule has 6 nitrogen and oxygen atoms in total. The van der Waals surface area contributed by atoms with E-state index in [0.29, 0.717) is 13.1 Å². The molecule has 0 saturated heterocycles. The number of nitrogens with zero attached hydrogens (tertiary/aromatic N) is 1. The number of nitrogens with one attached hydrogen (secondary N) is 2. The van der Waals surface area contributed by atoms with Crippen molar-refractivity contribution < 1.29 is 8.42 Å². The predicted molar refractivity (Wildman–Crippen MR) is 71.7 cm³/mol. The maximum Gasteiger partial charge on any atom is 0.238 e. The lowest BCUT2D eigenvalue weighted by Gasteiger charge is -2.05. The summed E-state index contributed by atoms with van der Waals surface area (Å²) in [5.74, 6) is 0.869. The molecule has 2 aromatic rings. The Labute approximate surface area is 112 Å². The molecule has 0 atom stereocenters. The van der Waals surface area contributed by atoms with E-state index in [9.17, 15) is 8.42 Å². The van der Waals surface area contributed by atoms with Crippen molar-refractivity contribution in [2.75, 3.05) is 0 Å². The highest BCUT2D eigenvalue weighted by Gasteiger charge is 2.07. The van der Waals surface area contributed by atoms with E-state index >= 15 is 0 Å². The molecule has 0 saturated carbocycles. The van der Waals surface area contributed by atoms with E-state index in [1.165, 1.54) is 6.07 Å². The van der Waals surface area contributed by atoms with E-state index in [0.717, 1.165) is 17.1 Å². The Balaban J connectivity index is 1.96. The molecule has 1 heterocycles. The first-order valence-corrected chi connectivity index (χ1v) is 7.33. The second-order valence-corrected chi connectivity index (χ2v) is 5.85. The first kappa shape index (κ1) is 13.7. The summed E-state index contributed by atoms with van der Waals surface area (Å²) in [5, 5.41) is 8.29. The van der Waals surface area contributed by atoms with Gasteiger partial charge in [0.25, 0.3) is 0 Å². The van der Waals surface area contributed by atoms with Crippen LogP contribution in [0.4, 0.5) is 0 Å². The van der Waals surface area contributed by atoms with Gasteiger partial charge in [-0.3, -0.25) is 0 Å². The minimum Gasteiger partial charge on any atom is -0.345 e. The number of benzene rings is 1. The van der Waals surface area contributed by atoms with E-state index in [-0.39, 0.29) is 4.90 Å². The van der Waals surface area contributed by atoms with Gasteiger partial charge < -0.3 is 10.3 Å². The number of aromatic nitrogens is 2. The number of rotatable bonds is 5. The van der Waals surface area contributed by atoms with Crippen LogP contribution < -0.4 is 10.5 Å². The van der Waals surface area contributed by atoms with Crippen molar-refractivity contribution >= 4 is 10.0 Å². The number of primary sulfonamides is 1. The summed E-state index contributed by atoms with van der Waals surface area (Å²) < 4.78 is 22.5. The van der Waals surface area contributed by atoms with Crippen LogP contribution in [0.2, 0.25) is 0 Å². The van der Waals surface area contributed by atoms with Crippen LogP contribution in [0.3, 0.4) is 0 Å². The van der Waals surface area contributed by atoms with Crippen molar-refractivity contribution in [3.05, 3.63) is 47.5 Å². The van der Waals surface area contributed by atoms with E-state index < -0.39 is 10.0 Å². The maximum absolute atomic E-state index is 11.2. The normalized spacial score (nSPS) is 11.7. The lowest BCUT2D eigenvalue weighted by Crippen LogP contribution is -2.15. The summed E-state index contributed by atoms with van der Waals surface area (Å²) in [6, 6.07) is 6.58. The molecule has 0 aliphatic heterocycles. The highest BCUT2D eigenvalue weighted by Crippen LogP contribution is 2.09. The van der Waals surface area contributed by atoms with Crippen LogP contribution in [-0.4, -0.2) is 18.4 Å². The summed E-state index contributed by atoms with van der Waals surface area (Å²) >= 11 is 0. The molecule has 7 heteroatoms. The Morgan fingerprint density at radius 2 is 2.16 bits per heavy atom. The Hall–Kier alpha value is -1.70. The van der Waals surface area contributed by atoms with Gasteiger partial charge >= 0.3 is 0 Å². The van der Waals surface area contributed by atoms with Gasteiger partial charge in [-0.1, -0.05) is 12.1 Å². The van der Waals surface area contributed by atoms with Gasteiger partial charge in [0.15, 0.2) is 0 Å². The first-order chi connectivity index (χ1) is 8.95. The maximum atomic E-state index is 11.2. The largest absolute Gasteiger partial charge is 0.345 e. The highest BCUT2D eigenvalue weighted by atomic mass is 32.2. The van der Waals surface area contributed by atoms with Crippen molar-refractivity contribution in [1.82, 2.24) is 15.3 Å². The monoisotopic (exact) mass is 280 g/mol. The number of imidazole rings is 1. The predicted octanol–water partition coefficient (Wildman–Crippen LogP) is 0.655. The SMILES string of the molecule is Cc1ncc(CNCc2cccc(S(N)(=O)=O)c2)[nH]1. The molecule has 102 valence electrons. The molecule has 0 spiro atoms. The van der Waals surface area contributed by atoms with Gasteiger partial charge in [0, 0.05) is 25.0 Å². The van der Waals surface area contributed by atoms with Gasteiger partial charge in [0.2, 0.25) is 10.0 Å². The van der Waals surface area contributed by atoms with Crippen LogP contribution in [0, 0.1) is 6.92 Å². The smallest absolute Gasteiger partial charge is 0.238 e. The number of nitrogens with two attached hydrogens (primary N) is 1. The van der Waals surface area contributed by atoms with Crippen LogP contribution in [-0.2, 0) is 23.1 Å². The minimum absolute atomic E-state index is 0.129. The summed E-state index contributed by atoms with van der Waals surface area (Å²) in [7, 11) is -3.64. The molecule has 2 rings (SSSR count). The average molecular weight is 280 g/mol. The number of aromatic amines is 1. The van der Waals surface area contributed by atoms with E-state index in [1.807, 2.05) is 13.0 Å². The fourth-order valence-corrected chi connectivity index (χ4v) is 2.32. The number of H-pyrrole nitrogens is 1. The van der Waals surface area contributed by atoms with Crippen LogP contribution in [0.1, 0.15) is 17.1 Å². The third kappa shape index (κ3) is 3.88. The van der Waals surface area contributed by atoms with Crippen molar-refractivity contribution in [3.8, 4) is 0 Å². The Kier molecular flexibility index (Phi) is 3.98. The number of aryl methyl sites for hydroxylation is 1.